The summed E-state index contributed by atoms with van der Waals surface area (Å²) in [5.41, 5.74) is -3.28. The van der Waals surface area contributed by atoms with Gasteiger partial charge in [0.2, 0.25) is 5.54 Å². The van der Waals surface area contributed by atoms with E-state index in [9.17, 15) is 22.8 Å². The first-order valence-electron chi connectivity index (χ1n) is 6.03. The summed E-state index contributed by atoms with van der Waals surface area (Å²) < 4.78 is 37.8. The van der Waals surface area contributed by atoms with Crippen LogP contribution in [0.15, 0.2) is 0 Å². The van der Waals surface area contributed by atoms with Crippen LogP contribution in [0.25, 0.3) is 0 Å². The summed E-state index contributed by atoms with van der Waals surface area (Å²) in [7, 11) is 0. The molecule has 0 aromatic carbocycles. The van der Waals surface area contributed by atoms with Gasteiger partial charge in [-0.05, 0) is 19.3 Å². The van der Waals surface area contributed by atoms with E-state index >= 15 is 0 Å². The summed E-state index contributed by atoms with van der Waals surface area (Å²) in [4.78, 5) is 22.0. The molecule has 1 aliphatic rings. The van der Waals surface area contributed by atoms with Crippen LogP contribution in [0.3, 0.4) is 0 Å². The minimum Gasteiger partial charge on any atom is -0.479 e. The molecule has 110 valence electrons. The van der Waals surface area contributed by atoms with Crippen molar-refractivity contribution in [2.75, 3.05) is 6.54 Å². The van der Waals surface area contributed by atoms with E-state index in [2.05, 4.69) is 5.32 Å². The molecule has 0 radical (unpaired) electrons. The Kier molecular flexibility index (Phi) is 4.65. The smallest absolute Gasteiger partial charge is 0.422 e. The molecule has 3 N–H and O–H groups in total. The van der Waals surface area contributed by atoms with Gasteiger partial charge in [-0.25, -0.2) is 9.59 Å². The van der Waals surface area contributed by atoms with Crippen LogP contribution in [0.2, 0.25) is 0 Å². The van der Waals surface area contributed by atoms with Crippen LogP contribution in [0.1, 0.15) is 32.6 Å². The second-order valence-corrected chi connectivity index (χ2v) is 4.89. The Morgan fingerprint density at radius 2 is 1.89 bits per heavy atom. The highest BCUT2D eigenvalue weighted by Gasteiger charge is 2.58. The van der Waals surface area contributed by atoms with Gasteiger partial charge in [0.05, 0.1) is 0 Å². The fourth-order valence-electron chi connectivity index (χ4n) is 1.69. The Labute approximate surface area is 108 Å². The van der Waals surface area contributed by atoms with Gasteiger partial charge in [0.15, 0.2) is 0 Å². The van der Waals surface area contributed by atoms with Gasteiger partial charge in [-0.15, -0.1) is 0 Å². The van der Waals surface area contributed by atoms with Crippen LogP contribution in [0.5, 0.6) is 0 Å². The third-order valence-electron chi connectivity index (χ3n) is 3.42. The standard InChI is InChI=1S/C11H17F3N2O3/c1-10(8(17)18,11(12,13)14)16-9(19)15-6-5-7-3-2-4-7/h7H,2-6H2,1H3,(H,17,18)(H2,15,16,19). The molecule has 0 spiro atoms. The topological polar surface area (TPSA) is 78.4 Å². The molecule has 1 unspecified atom stereocenters. The number of carbonyl (C=O) groups excluding carboxylic acids is 1. The zero-order valence-electron chi connectivity index (χ0n) is 10.5. The summed E-state index contributed by atoms with van der Waals surface area (Å²) in [6, 6.07) is -1.12. The van der Waals surface area contributed by atoms with E-state index in [1.807, 2.05) is 0 Å². The molecular weight excluding hydrogens is 265 g/mol. The zero-order chi connectivity index (χ0) is 14.7. The molecule has 0 bridgehead atoms. The maximum atomic E-state index is 12.6. The molecule has 1 aliphatic carbocycles. The van der Waals surface area contributed by atoms with Crippen molar-refractivity contribution >= 4 is 12.0 Å². The molecule has 2 amide bonds. The SMILES string of the molecule is CC(NC(=O)NCCC1CCC1)(C(=O)O)C(F)(F)F. The summed E-state index contributed by atoms with van der Waals surface area (Å²) >= 11 is 0. The van der Waals surface area contributed by atoms with E-state index in [1.165, 1.54) is 5.32 Å². The second-order valence-electron chi connectivity index (χ2n) is 4.89. The third kappa shape index (κ3) is 3.74. The number of hydrogen-bond acceptors (Lipinski definition) is 2. The lowest BCUT2D eigenvalue weighted by Crippen LogP contribution is -2.63. The van der Waals surface area contributed by atoms with Crippen molar-refractivity contribution in [1.29, 1.82) is 0 Å². The van der Waals surface area contributed by atoms with E-state index in [0.717, 1.165) is 19.3 Å². The number of nitrogens with one attached hydrogen (secondary N) is 2. The molecular formula is C11H17F3N2O3. The first-order valence-corrected chi connectivity index (χ1v) is 6.03. The number of amides is 2. The number of hydrogen-bond donors (Lipinski definition) is 3. The number of carbonyl (C=O) groups is 2. The van der Waals surface area contributed by atoms with Gasteiger partial charge >= 0.3 is 18.2 Å². The van der Waals surface area contributed by atoms with Crippen molar-refractivity contribution in [2.24, 2.45) is 5.92 Å². The lowest BCUT2D eigenvalue weighted by atomic mass is 9.83. The average Bonchev–Trinajstić information content (AvgIpc) is 2.19. The van der Waals surface area contributed by atoms with Crippen LogP contribution in [0.4, 0.5) is 18.0 Å². The van der Waals surface area contributed by atoms with E-state index in [-0.39, 0.29) is 6.54 Å². The highest BCUT2D eigenvalue weighted by atomic mass is 19.4. The van der Waals surface area contributed by atoms with Crippen LogP contribution in [0, 0.1) is 5.92 Å². The molecule has 0 heterocycles. The lowest BCUT2D eigenvalue weighted by Gasteiger charge is -2.29. The van der Waals surface area contributed by atoms with E-state index in [1.54, 1.807) is 0 Å². The maximum Gasteiger partial charge on any atom is 0.422 e. The molecule has 0 aliphatic heterocycles. The van der Waals surface area contributed by atoms with Crippen molar-refractivity contribution in [3.05, 3.63) is 0 Å². The third-order valence-corrected chi connectivity index (χ3v) is 3.42. The Balaban J connectivity index is 2.45. The van der Waals surface area contributed by atoms with Crippen molar-refractivity contribution in [2.45, 2.75) is 44.3 Å². The van der Waals surface area contributed by atoms with Gasteiger partial charge < -0.3 is 15.7 Å². The molecule has 1 rings (SSSR count). The largest absolute Gasteiger partial charge is 0.479 e. The molecule has 1 atom stereocenters. The van der Waals surface area contributed by atoms with Crippen molar-refractivity contribution < 1.29 is 27.9 Å². The van der Waals surface area contributed by atoms with E-state index < -0.39 is 23.7 Å². The van der Waals surface area contributed by atoms with Crippen molar-refractivity contribution in [3.8, 4) is 0 Å². The molecule has 0 aromatic heterocycles. The van der Waals surface area contributed by atoms with E-state index in [0.29, 0.717) is 19.3 Å². The number of carboxylic acid groups (broad SMARTS) is 1. The quantitative estimate of drug-likeness (QED) is 0.720. The highest BCUT2D eigenvalue weighted by Crippen LogP contribution is 2.30. The number of aliphatic carboxylic acids is 1. The minimum absolute atomic E-state index is 0.240. The lowest BCUT2D eigenvalue weighted by molar-refractivity contribution is -0.203. The summed E-state index contributed by atoms with van der Waals surface area (Å²) in [6.45, 7) is 0.658. The van der Waals surface area contributed by atoms with Gasteiger partial charge in [-0.2, -0.15) is 13.2 Å². The number of rotatable bonds is 5. The van der Waals surface area contributed by atoms with Crippen LogP contribution < -0.4 is 10.6 Å². The van der Waals surface area contributed by atoms with Crippen LogP contribution in [-0.2, 0) is 4.79 Å². The van der Waals surface area contributed by atoms with Gasteiger partial charge in [0.25, 0.3) is 0 Å². The minimum atomic E-state index is -5.07. The second kappa shape index (κ2) is 5.66. The first-order chi connectivity index (χ1) is 8.67. The van der Waals surface area contributed by atoms with Crippen LogP contribution >= 0.6 is 0 Å². The molecule has 5 nitrogen and oxygen atoms in total. The predicted molar refractivity (Wildman–Crippen MR) is 60.6 cm³/mol. The molecule has 19 heavy (non-hydrogen) atoms. The maximum absolute atomic E-state index is 12.6. The van der Waals surface area contributed by atoms with E-state index in [4.69, 9.17) is 5.11 Å². The van der Waals surface area contributed by atoms with Gasteiger partial charge in [0.1, 0.15) is 0 Å². The Morgan fingerprint density at radius 1 is 1.32 bits per heavy atom. The van der Waals surface area contributed by atoms with Crippen LogP contribution in [-0.4, -0.2) is 35.4 Å². The average molecular weight is 282 g/mol. The number of urea groups is 1. The number of alkyl halides is 3. The van der Waals surface area contributed by atoms with Crippen molar-refractivity contribution in [1.82, 2.24) is 10.6 Å². The molecule has 1 saturated carbocycles. The van der Waals surface area contributed by atoms with Crippen molar-refractivity contribution in [3.63, 3.8) is 0 Å². The van der Waals surface area contributed by atoms with Gasteiger partial charge in [-0.3, -0.25) is 0 Å². The summed E-state index contributed by atoms with van der Waals surface area (Å²) in [6.07, 6.45) is -1.09. The molecule has 0 aromatic rings. The Bertz CT molecular complexity index is 356. The predicted octanol–water partition coefficient (Wildman–Crippen LogP) is 1.88. The molecule has 0 saturated heterocycles. The Morgan fingerprint density at radius 3 is 2.26 bits per heavy atom. The molecule has 1 fully saturated rings. The zero-order valence-corrected chi connectivity index (χ0v) is 10.5. The molecule has 8 heteroatoms. The fraction of sp³-hybridized carbons (Fsp3) is 0.818. The number of carboxylic acids is 1. The fourth-order valence-corrected chi connectivity index (χ4v) is 1.69. The highest BCUT2D eigenvalue weighted by molar-refractivity contribution is 5.86. The first kappa shape index (κ1) is 15.6. The Hall–Kier alpha value is -1.47. The monoisotopic (exact) mass is 282 g/mol. The summed E-state index contributed by atoms with van der Waals surface area (Å²) in [5, 5.41) is 12.3. The summed E-state index contributed by atoms with van der Waals surface area (Å²) in [5.74, 6) is -1.64. The normalized spacial score (nSPS) is 19.2. The van der Waals surface area contributed by atoms with Gasteiger partial charge in [0, 0.05) is 6.54 Å². The van der Waals surface area contributed by atoms with Gasteiger partial charge in [-0.1, -0.05) is 19.3 Å². The number of halogens is 3.